The number of carbonyl (C=O) groups excluding carboxylic acids is 1. The second-order valence-corrected chi connectivity index (χ2v) is 5.68. The van der Waals surface area contributed by atoms with E-state index < -0.39 is 0 Å². The van der Waals surface area contributed by atoms with Crippen molar-refractivity contribution in [2.75, 3.05) is 12.4 Å². The lowest BCUT2D eigenvalue weighted by Crippen LogP contribution is -2.26. The average Bonchev–Trinajstić information content (AvgIpc) is 2.79. The molecule has 0 aliphatic heterocycles. The number of rotatable bonds is 6. The Bertz CT molecular complexity index is 597. The number of carbonyl (C=O) groups is 1. The first kappa shape index (κ1) is 14.7. The van der Waals surface area contributed by atoms with Gasteiger partial charge in [0.05, 0.1) is 17.3 Å². The minimum absolute atomic E-state index is 0.0861. The van der Waals surface area contributed by atoms with E-state index in [0.717, 1.165) is 28.8 Å². The summed E-state index contributed by atoms with van der Waals surface area (Å²) >= 11 is 1.43. The quantitative estimate of drug-likeness (QED) is 0.858. The maximum atomic E-state index is 11.8. The third kappa shape index (κ3) is 3.68. The summed E-state index contributed by atoms with van der Waals surface area (Å²) in [4.78, 5) is 16.2. The normalized spacial score (nSPS) is 12.3. The van der Waals surface area contributed by atoms with Crippen molar-refractivity contribution in [3.63, 3.8) is 0 Å². The van der Waals surface area contributed by atoms with Gasteiger partial charge in [0, 0.05) is 12.5 Å². The zero-order chi connectivity index (χ0) is 14.5. The number of hydrogen-bond acceptors (Lipinski definition) is 5. The molecule has 0 radical (unpaired) electrons. The molecular formula is C14H19N3O2S. The van der Waals surface area contributed by atoms with E-state index in [-0.39, 0.29) is 11.9 Å². The van der Waals surface area contributed by atoms with Crippen LogP contribution in [0.3, 0.4) is 0 Å². The van der Waals surface area contributed by atoms with Gasteiger partial charge >= 0.3 is 0 Å². The largest absolute Gasteiger partial charge is 0.497 e. The molecule has 0 saturated heterocycles. The SMILES string of the molecule is CCCC(N)CC(=O)Nc1nc2ccc(OC)cc2s1. The van der Waals surface area contributed by atoms with Crippen molar-refractivity contribution in [2.24, 2.45) is 5.73 Å². The molecule has 6 heteroatoms. The van der Waals surface area contributed by atoms with Gasteiger partial charge in [-0.3, -0.25) is 4.79 Å². The van der Waals surface area contributed by atoms with Crippen LogP contribution in [0.25, 0.3) is 10.2 Å². The molecule has 1 atom stereocenters. The van der Waals surface area contributed by atoms with E-state index in [1.54, 1.807) is 7.11 Å². The molecule has 0 aliphatic carbocycles. The summed E-state index contributed by atoms with van der Waals surface area (Å²) in [6, 6.07) is 5.55. The molecule has 3 N–H and O–H groups in total. The molecule has 108 valence electrons. The third-order valence-electron chi connectivity index (χ3n) is 2.95. The van der Waals surface area contributed by atoms with Crippen molar-refractivity contribution >= 4 is 32.6 Å². The van der Waals surface area contributed by atoms with E-state index in [1.807, 2.05) is 18.2 Å². The highest BCUT2D eigenvalue weighted by atomic mass is 32.1. The van der Waals surface area contributed by atoms with Crippen LogP contribution >= 0.6 is 11.3 Å². The molecule has 5 nitrogen and oxygen atoms in total. The number of aromatic nitrogens is 1. The maximum Gasteiger partial charge on any atom is 0.227 e. The molecule has 0 fully saturated rings. The standard InChI is InChI=1S/C14H19N3O2S/c1-3-4-9(15)7-13(18)17-14-16-11-6-5-10(19-2)8-12(11)20-14/h5-6,8-9H,3-4,7,15H2,1-2H3,(H,16,17,18). The average molecular weight is 293 g/mol. The Kier molecular flexibility index (Phi) is 4.92. The Morgan fingerprint density at radius 1 is 1.55 bits per heavy atom. The molecule has 1 aromatic heterocycles. The Hall–Kier alpha value is -1.66. The van der Waals surface area contributed by atoms with Gasteiger partial charge in [0.2, 0.25) is 5.91 Å². The van der Waals surface area contributed by atoms with Crippen LogP contribution in [0, 0.1) is 0 Å². The van der Waals surface area contributed by atoms with Crippen molar-refractivity contribution in [1.82, 2.24) is 4.98 Å². The van der Waals surface area contributed by atoms with Crippen LogP contribution in [0.5, 0.6) is 5.75 Å². The summed E-state index contributed by atoms with van der Waals surface area (Å²) in [5.41, 5.74) is 6.71. The van der Waals surface area contributed by atoms with E-state index in [0.29, 0.717) is 11.6 Å². The van der Waals surface area contributed by atoms with Gasteiger partial charge in [-0.1, -0.05) is 24.7 Å². The molecule has 1 unspecified atom stereocenters. The van der Waals surface area contributed by atoms with E-state index in [1.165, 1.54) is 11.3 Å². The van der Waals surface area contributed by atoms with Gasteiger partial charge < -0.3 is 15.8 Å². The first-order chi connectivity index (χ1) is 9.62. The molecule has 1 heterocycles. The molecule has 20 heavy (non-hydrogen) atoms. The summed E-state index contributed by atoms with van der Waals surface area (Å²) in [5, 5.41) is 3.40. The number of amides is 1. The van der Waals surface area contributed by atoms with E-state index in [2.05, 4.69) is 17.2 Å². The second kappa shape index (κ2) is 6.67. The first-order valence-electron chi connectivity index (χ1n) is 6.62. The summed E-state index contributed by atoms with van der Waals surface area (Å²) < 4.78 is 6.15. The van der Waals surface area contributed by atoms with Crippen LogP contribution in [0.2, 0.25) is 0 Å². The summed E-state index contributed by atoms with van der Waals surface area (Å²) in [6.07, 6.45) is 2.16. The fourth-order valence-electron chi connectivity index (χ4n) is 1.97. The number of benzene rings is 1. The lowest BCUT2D eigenvalue weighted by molar-refractivity contribution is -0.116. The minimum atomic E-state index is -0.0885. The van der Waals surface area contributed by atoms with Crippen LogP contribution in [-0.2, 0) is 4.79 Å². The highest BCUT2D eigenvalue weighted by Gasteiger charge is 2.11. The topological polar surface area (TPSA) is 77.2 Å². The Labute approximate surface area is 122 Å². The van der Waals surface area contributed by atoms with Gasteiger partial charge in [-0.2, -0.15) is 0 Å². The van der Waals surface area contributed by atoms with Crippen molar-refractivity contribution in [3.8, 4) is 5.75 Å². The van der Waals surface area contributed by atoms with Crippen LogP contribution in [0.4, 0.5) is 5.13 Å². The van der Waals surface area contributed by atoms with Gasteiger partial charge in [-0.15, -0.1) is 0 Å². The number of nitrogens with one attached hydrogen (secondary N) is 1. The van der Waals surface area contributed by atoms with Crippen molar-refractivity contribution in [2.45, 2.75) is 32.2 Å². The number of fused-ring (bicyclic) bond motifs is 1. The number of nitrogens with two attached hydrogens (primary N) is 1. The second-order valence-electron chi connectivity index (χ2n) is 4.65. The summed E-state index contributed by atoms with van der Waals surface area (Å²) in [6.45, 7) is 2.05. The molecular weight excluding hydrogens is 274 g/mol. The molecule has 1 aromatic carbocycles. The van der Waals surface area contributed by atoms with Crippen molar-refractivity contribution in [1.29, 1.82) is 0 Å². The predicted molar refractivity (Wildman–Crippen MR) is 82.3 cm³/mol. The molecule has 0 bridgehead atoms. The number of anilines is 1. The van der Waals surface area contributed by atoms with Gasteiger partial charge in [0.15, 0.2) is 5.13 Å². The summed E-state index contributed by atoms with van der Waals surface area (Å²) in [7, 11) is 1.63. The van der Waals surface area contributed by atoms with Crippen LogP contribution < -0.4 is 15.8 Å². The van der Waals surface area contributed by atoms with Gasteiger partial charge in [0.25, 0.3) is 0 Å². The van der Waals surface area contributed by atoms with E-state index in [9.17, 15) is 4.79 Å². The van der Waals surface area contributed by atoms with Crippen LogP contribution in [0.15, 0.2) is 18.2 Å². The smallest absolute Gasteiger partial charge is 0.227 e. The number of ether oxygens (including phenoxy) is 1. The van der Waals surface area contributed by atoms with Gasteiger partial charge in [-0.25, -0.2) is 4.98 Å². The van der Waals surface area contributed by atoms with Crippen molar-refractivity contribution in [3.05, 3.63) is 18.2 Å². The zero-order valence-corrected chi connectivity index (χ0v) is 12.5. The fraction of sp³-hybridized carbons (Fsp3) is 0.429. The highest BCUT2D eigenvalue weighted by molar-refractivity contribution is 7.22. The Morgan fingerprint density at radius 3 is 3.05 bits per heavy atom. The molecule has 0 spiro atoms. The lowest BCUT2D eigenvalue weighted by Gasteiger charge is -2.08. The third-order valence-corrected chi connectivity index (χ3v) is 3.88. The Balaban J connectivity index is 2.04. The molecule has 2 aromatic rings. The maximum absolute atomic E-state index is 11.8. The monoisotopic (exact) mass is 293 g/mol. The van der Waals surface area contributed by atoms with Crippen LogP contribution in [0.1, 0.15) is 26.2 Å². The minimum Gasteiger partial charge on any atom is -0.497 e. The van der Waals surface area contributed by atoms with Gasteiger partial charge in [-0.05, 0) is 24.6 Å². The molecule has 0 aliphatic rings. The van der Waals surface area contributed by atoms with Crippen LogP contribution in [-0.4, -0.2) is 24.0 Å². The number of nitrogens with zero attached hydrogens (tertiary/aromatic N) is 1. The molecule has 0 saturated carbocycles. The zero-order valence-electron chi connectivity index (χ0n) is 11.7. The van der Waals surface area contributed by atoms with E-state index >= 15 is 0 Å². The number of thiazole rings is 1. The van der Waals surface area contributed by atoms with Crippen molar-refractivity contribution < 1.29 is 9.53 Å². The molecule has 1 amide bonds. The van der Waals surface area contributed by atoms with Gasteiger partial charge in [0.1, 0.15) is 5.75 Å². The number of hydrogen-bond donors (Lipinski definition) is 2. The predicted octanol–water partition coefficient (Wildman–Crippen LogP) is 2.76. The fourth-order valence-corrected chi connectivity index (χ4v) is 2.88. The summed E-state index contributed by atoms with van der Waals surface area (Å²) in [5.74, 6) is 0.695. The van der Waals surface area contributed by atoms with E-state index in [4.69, 9.17) is 10.5 Å². The number of methoxy groups -OCH3 is 1. The molecule has 2 rings (SSSR count). The first-order valence-corrected chi connectivity index (χ1v) is 7.44. The Morgan fingerprint density at radius 2 is 2.35 bits per heavy atom. The highest BCUT2D eigenvalue weighted by Crippen LogP contribution is 2.29. The lowest BCUT2D eigenvalue weighted by atomic mass is 10.1.